The lowest BCUT2D eigenvalue weighted by Crippen LogP contribution is -2.18. The molecular weight excluding hydrogens is 427 g/mol. The molecule has 0 radical (unpaired) electrons. The smallest absolute Gasteiger partial charge is 0.266 e. The predicted molar refractivity (Wildman–Crippen MR) is 126 cm³/mol. The molecular formula is C22H22Cl2N2O2S. The number of fused-ring (bicyclic) bond motifs is 3. The number of aromatic hydroxyl groups is 1. The number of aromatic nitrogens is 1. The van der Waals surface area contributed by atoms with Crippen molar-refractivity contribution in [1.82, 2.24) is 9.88 Å². The summed E-state index contributed by atoms with van der Waals surface area (Å²) in [6.07, 6.45) is 0. The number of hydrogen-bond donors (Lipinski definition) is 2. The van der Waals surface area contributed by atoms with Crippen molar-refractivity contribution in [3.8, 4) is 16.9 Å². The van der Waals surface area contributed by atoms with Crippen LogP contribution in [0.5, 0.6) is 5.75 Å². The number of thiophene rings is 1. The molecule has 29 heavy (non-hydrogen) atoms. The summed E-state index contributed by atoms with van der Waals surface area (Å²) in [5.74, 6) is 0.505. The van der Waals surface area contributed by atoms with E-state index in [1.165, 1.54) is 23.0 Å². The summed E-state index contributed by atoms with van der Waals surface area (Å²) < 4.78 is 0.631. The predicted octanol–water partition coefficient (Wildman–Crippen LogP) is 5.86. The Kier molecular flexibility index (Phi) is 6.24. The summed E-state index contributed by atoms with van der Waals surface area (Å²) in [4.78, 5) is 17.4. The molecule has 7 heteroatoms. The fourth-order valence-electron chi connectivity index (χ4n) is 3.80. The van der Waals surface area contributed by atoms with E-state index >= 15 is 0 Å². The number of phenolic OH excluding ortho intramolecular Hbond substituents is 1. The molecule has 0 bridgehead atoms. The van der Waals surface area contributed by atoms with Crippen LogP contribution in [-0.2, 0) is 0 Å². The van der Waals surface area contributed by atoms with Gasteiger partial charge in [-0.25, -0.2) is 0 Å². The lowest BCUT2D eigenvalue weighted by Gasteiger charge is -2.18. The maximum absolute atomic E-state index is 12.4. The van der Waals surface area contributed by atoms with Gasteiger partial charge in [0.05, 0.1) is 10.5 Å². The maximum Gasteiger partial charge on any atom is 0.266 e. The number of halogens is 2. The number of nitrogens with one attached hydrogen (secondary N) is 1. The van der Waals surface area contributed by atoms with Crippen molar-refractivity contribution in [2.45, 2.75) is 12.8 Å². The van der Waals surface area contributed by atoms with Crippen LogP contribution in [0.25, 0.3) is 32.1 Å². The van der Waals surface area contributed by atoms with E-state index in [0.717, 1.165) is 22.9 Å². The first-order valence-electron chi connectivity index (χ1n) is 9.06. The molecule has 2 aromatic carbocycles. The van der Waals surface area contributed by atoms with Crippen molar-refractivity contribution in [2.24, 2.45) is 0 Å². The Morgan fingerprint density at radius 2 is 1.90 bits per heavy atom. The van der Waals surface area contributed by atoms with Gasteiger partial charge in [0.25, 0.3) is 5.56 Å². The molecule has 152 valence electrons. The van der Waals surface area contributed by atoms with Gasteiger partial charge in [-0.3, -0.25) is 4.79 Å². The lowest BCUT2D eigenvalue weighted by atomic mass is 9.94. The third-order valence-electron chi connectivity index (χ3n) is 5.05. The molecule has 2 aromatic heterocycles. The van der Waals surface area contributed by atoms with Crippen molar-refractivity contribution in [3.63, 3.8) is 0 Å². The molecule has 0 saturated heterocycles. The van der Waals surface area contributed by atoms with Crippen LogP contribution in [-0.4, -0.2) is 35.6 Å². The molecule has 0 aliphatic rings. The van der Waals surface area contributed by atoms with Gasteiger partial charge in [0.1, 0.15) is 10.4 Å². The largest absolute Gasteiger partial charge is 0.507 e. The van der Waals surface area contributed by atoms with Crippen LogP contribution in [0.3, 0.4) is 0 Å². The number of aromatic amines is 1. The number of nitrogens with zero attached hydrogens (tertiary/aromatic N) is 1. The zero-order valence-corrected chi connectivity index (χ0v) is 18.7. The Balaban J connectivity index is 0.00000240. The van der Waals surface area contributed by atoms with Gasteiger partial charge in [-0.15, -0.1) is 23.7 Å². The first-order valence-corrected chi connectivity index (χ1v) is 10.3. The molecule has 0 amide bonds. The van der Waals surface area contributed by atoms with Crippen LogP contribution < -0.4 is 5.56 Å². The van der Waals surface area contributed by atoms with Gasteiger partial charge in [-0.05, 0) is 42.6 Å². The van der Waals surface area contributed by atoms with E-state index in [1.807, 2.05) is 23.6 Å². The molecule has 0 spiro atoms. The minimum atomic E-state index is -0.163. The molecule has 0 saturated carbocycles. The fourth-order valence-corrected chi connectivity index (χ4v) is 4.84. The topological polar surface area (TPSA) is 56.3 Å². The highest BCUT2D eigenvalue weighted by atomic mass is 35.5. The summed E-state index contributed by atoms with van der Waals surface area (Å²) in [6, 6.07) is 11.6. The van der Waals surface area contributed by atoms with Crippen LogP contribution >= 0.6 is 35.3 Å². The number of benzene rings is 2. The summed E-state index contributed by atoms with van der Waals surface area (Å²) in [6.45, 7) is 3.16. The quantitative estimate of drug-likeness (QED) is 0.411. The van der Waals surface area contributed by atoms with Crippen molar-refractivity contribution in [1.29, 1.82) is 0 Å². The Morgan fingerprint density at radius 3 is 2.55 bits per heavy atom. The molecule has 1 atom stereocenters. The molecule has 2 heterocycles. The Bertz CT molecular complexity index is 1230. The van der Waals surface area contributed by atoms with E-state index in [9.17, 15) is 9.90 Å². The second kappa shape index (κ2) is 8.36. The molecule has 2 N–H and O–H groups in total. The molecule has 4 aromatic rings. The minimum absolute atomic E-state index is 0. The monoisotopic (exact) mass is 448 g/mol. The van der Waals surface area contributed by atoms with Crippen molar-refractivity contribution >= 4 is 56.3 Å². The van der Waals surface area contributed by atoms with Gasteiger partial charge in [0, 0.05) is 28.9 Å². The molecule has 4 rings (SSSR count). The summed E-state index contributed by atoms with van der Waals surface area (Å²) in [5, 5.41) is 14.5. The first-order chi connectivity index (χ1) is 13.4. The number of likely N-dealkylation sites (N-methyl/N-ethyl adjacent to an activating group) is 1. The molecule has 0 aliphatic heterocycles. The van der Waals surface area contributed by atoms with E-state index in [1.54, 1.807) is 0 Å². The van der Waals surface area contributed by atoms with Gasteiger partial charge in [0.15, 0.2) is 0 Å². The SMILES string of the molecule is C[C@@H](CN(C)C)c1ccc(-c2c(O)cc(Cl)c3[nH]c(=O)c4sccc4c23)cc1.Cl. The molecule has 0 aliphatic carbocycles. The molecule has 0 unspecified atom stereocenters. The minimum Gasteiger partial charge on any atom is -0.507 e. The summed E-state index contributed by atoms with van der Waals surface area (Å²) in [5.41, 5.74) is 3.20. The van der Waals surface area contributed by atoms with Crippen LogP contribution in [0.15, 0.2) is 46.6 Å². The lowest BCUT2D eigenvalue weighted by molar-refractivity contribution is 0.383. The highest BCUT2D eigenvalue weighted by Crippen LogP contribution is 2.42. The number of H-pyrrole nitrogens is 1. The molecule has 0 fully saturated rings. The number of phenols is 1. The van der Waals surface area contributed by atoms with Crippen molar-refractivity contribution < 1.29 is 5.11 Å². The number of hydrogen-bond acceptors (Lipinski definition) is 4. The standard InChI is InChI=1S/C22H21ClN2O2S.ClH/c1-12(11-25(2)3)13-4-6-14(7-5-13)18-17(26)10-16(23)20-19(18)15-8-9-28-21(15)22(27)24-20;/h4-10,12,26H,11H2,1-3H3,(H,24,27);1H/t12-;/m0./s1. The highest BCUT2D eigenvalue weighted by molar-refractivity contribution is 7.17. The van der Waals surface area contributed by atoms with Gasteiger partial charge in [-0.1, -0.05) is 42.8 Å². The average Bonchev–Trinajstić information content (AvgIpc) is 3.13. The van der Waals surface area contributed by atoms with Gasteiger partial charge >= 0.3 is 0 Å². The van der Waals surface area contributed by atoms with Gasteiger partial charge < -0.3 is 15.0 Å². The third-order valence-corrected chi connectivity index (χ3v) is 6.26. The van der Waals surface area contributed by atoms with Gasteiger partial charge in [0.2, 0.25) is 0 Å². The fraction of sp³-hybridized carbons (Fsp3) is 0.227. The Hall–Kier alpha value is -2.05. The van der Waals surface area contributed by atoms with E-state index < -0.39 is 0 Å². The van der Waals surface area contributed by atoms with Crippen molar-refractivity contribution in [3.05, 3.63) is 62.7 Å². The van der Waals surface area contributed by atoms with E-state index in [4.69, 9.17) is 11.6 Å². The maximum atomic E-state index is 12.4. The van der Waals surface area contributed by atoms with E-state index in [-0.39, 0.29) is 23.7 Å². The Labute approximate surface area is 184 Å². The zero-order chi connectivity index (χ0) is 20.0. The van der Waals surface area contributed by atoms with Crippen LogP contribution in [0, 0.1) is 0 Å². The molecule has 4 nitrogen and oxygen atoms in total. The normalized spacial score (nSPS) is 12.4. The van der Waals surface area contributed by atoms with Crippen LogP contribution in [0.1, 0.15) is 18.4 Å². The van der Waals surface area contributed by atoms with Crippen molar-refractivity contribution in [2.75, 3.05) is 20.6 Å². The third kappa shape index (κ3) is 3.88. The second-order valence-corrected chi connectivity index (χ2v) is 8.73. The second-order valence-electron chi connectivity index (χ2n) is 7.41. The van der Waals surface area contributed by atoms with Crippen LogP contribution in [0.2, 0.25) is 5.02 Å². The summed E-state index contributed by atoms with van der Waals surface area (Å²) in [7, 11) is 4.13. The average molecular weight is 449 g/mol. The Morgan fingerprint density at radius 1 is 1.21 bits per heavy atom. The van der Waals surface area contributed by atoms with Crippen LogP contribution in [0.4, 0.5) is 0 Å². The summed E-state index contributed by atoms with van der Waals surface area (Å²) >= 11 is 7.73. The first kappa shape index (κ1) is 21.7. The number of rotatable bonds is 4. The van der Waals surface area contributed by atoms with Gasteiger partial charge in [-0.2, -0.15) is 0 Å². The highest BCUT2D eigenvalue weighted by Gasteiger charge is 2.18. The zero-order valence-electron chi connectivity index (χ0n) is 16.3. The number of pyridine rings is 1. The van der Waals surface area contributed by atoms with E-state index in [0.29, 0.717) is 26.7 Å². The van der Waals surface area contributed by atoms with E-state index in [2.05, 4.69) is 43.0 Å².